The molecule has 0 aliphatic carbocycles. The van der Waals surface area contributed by atoms with E-state index >= 15 is 0 Å². The molecule has 0 bridgehead atoms. The van der Waals surface area contributed by atoms with Gasteiger partial charge >= 0.3 is 0 Å². The van der Waals surface area contributed by atoms with Crippen LogP contribution in [0, 0.1) is 10.1 Å². The van der Waals surface area contributed by atoms with E-state index in [1.54, 1.807) is 19.1 Å². The molecular weight excluding hydrogens is 390 g/mol. The van der Waals surface area contributed by atoms with Crippen molar-refractivity contribution in [2.75, 3.05) is 9.80 Å². The molecule has 0 saturated carbocycles. The van der Waals surface area contributed by atoms with Crippen LogP contribution in [0.5, 0.6) is 0 Å². The van der Waals surface area contributed by atoms with Gasteiger partial charge in [-0.15, -0.1) is 0 Å². The molecule has 1 heterocycles. The second-order valence-electron chi connectivity index (χ2n) is 7.94. The average molecular weight is 415 g/mol. The quantitative estimate of drug-likeness (QED) is 0.408. The third-order valence-corrected chi connectivity index (χ3v) is 5.89. The molecule has 4 rings (SSSR count). The molecule has 3 aromatic carbocycles. The van der Waals surface area contributed by atoms with Crippen LogP contribution in [0.1, 0.15) is 37.4 Å². The first-order valence-corrected chi connectivity index (χ1v) is 10.4. The highest BCUT2D eigenvalue weighted by Gasteiger charge is 2.35. The highest BCUT2D eigenvalue weighted by atomic mass is 16.6. The van der Waals surface area contributed by atoms with Gasteiger partial charge in [0.25, 0.3) is 5.69 Å². The maximum Gasteiger partial charge on any atom is 0.269 e. The van der Waals surface area contributed by atoms with E-state index in [0.717, 1.165) is 28.9 Å². The lowest BCUT2D eigenvalue weighted by Crippen LogP contribution is -2.44. The van der Waals surface area contributed by atoms with Crippen LogP contribution in [-0.4, -0.2) is 16.9 Å². The summed E-state index contributed by atoms with van der Waals surface area (Å²) in [4.78, 5) is 27.5. The monoisotopic (exact) mass is 415 g/mol. The van der Waals surface area contributed by atoms with Crippen LogP contribution in [0.25, 0.3) is 0 Å². The van der Waals surface area contributed by atoms with E-state index in [4.69, 9.17) is 0 Å². The second kappa shape index (κ2) is 8.60. The number of nitrogens with zero attached hydrogens (tertiary/aromatic N) is 3. The van der Waals surface area contributed by atoms with E-state index in [9.17, 15) is 14.9 Å². The van der Waals surface area contributed by atoms with E-state index in [1.807, 2.05) is 59.5 Å². The Morgan fingerprint density at radius 3 is 2.32 bits per heavy atom. The Morgan fingerprint density at radius 2 is 1.68 bits per heavy atom. The number of carbonyl (C=O) groups is 1. The number of non-ortho nitro benzene ring substituents is 1. The number of benzene rings is 3. The summed E-state index contributed by atoms with van der Waals surface area (Å²) in [5.41, 5.74) is 4.20. The Hall–Kier alpha value is -3.67. The largest absolute Gasteiger partial charge is 0.364 e. The van der Waals surface area contributed by atoms with E-state index in [1.165, 1.54) is 0 Å². The number of anilines is 2. The van der Waals surface area contributed by atoms with Gasteiger partial charge in [-0.1, -0.05) is 48.5 Å². The predicted molar refractivity (Wildman–Crippen MR) is 122 cm³/mol. The van der Waals surface area contributed by atoms with Crippen LogP contribution in [0.3, 0.4) is 0 Å². The maximum absolute atomic E-state index is 12.7. The molecule has 1 aliphatic heterocycles. The van der Waals surface area contributed by atoms with Crippen molar-refractivity contribution in [1.82, 2.24) is 0 Å². The summed E-state index contributed by atoms with van der Waals surface area (Å²) in [6.07, 6.45) is 0.790. The van der Waals surface area contributed by atoms with Gasteiger partial charge in [0.2, 0.25) is 5.91 Å². The first-order chi connectivity index (χ1) is 15.0. The summed E-state index contributed by atoms with van der Waals surface area (Å²) in [6.45, 7) is 4.43. The van der Waals surface area contributed by atoms with Crippen molar-refractivity contribution >= 4 is 23.0 Å². The number of fused-ring (bicyclic) bond motifs is 1. The standard InChI is InChI=1S/C25H25N3O3/c1-18-16-25(27(19(2)29)21-8-4-3-5-9-21)23-10-6-7-11-24(23)26(18)17-20-12-14-22(15-13-20)28(30)31/h3-15,18,25H,16-17H2,1-2H3. The SMILES string of the molecule is CC(=O)N(c1ccccc1)C1CC(C)N(Cc2ccc([N+](=O)[O-])cc2)c2ccccc21. The normalized spacial score (nSPS) is 17.7. The minimum absolute atomic E-state index is 0.0158. The lowest BCUT2D eigenvalue weighted by Gasteiger charge is -2.44. The van der Waals surface area contributed by atoms with Gasteiger partial charge in [-0.3, -0.25) is 14.9 Å². The Labute approximate surface area is 181 Å². The van der Waals surface area contributed by atoms with Crippen LogP contribution in [0.4, 0.5) is 17.1 Å². The molecule has 1 aliphatic rings. The van der Waals surface area contributed by atoms with Gasteiger partial charge < -0.3 is 9.80 Å². The van der Waals surface area contributed by atoms with Gasteiger partial charge in [0.15, 0.2) is 0 Å². The number of nitro benzene ring substituents is 1. The fraction of sp³-hybridized carbons (Fsp3) is 0.240. The first-order valence-electron chi connectivity index (χ1n) is 10.4. The molecule has 0 saturated heterocycles. The molecule has 31 heavy (non-hydrogen) atoms. The molecule has 0 aromatic heterocycles. The fourth-order valence-electron chi connectivity index (χ4n) is 4.42. The fourth-order valence-corrected chi connectivity index (χ4v) is 4.42. The summed E-state index contributed by atoms with van der Waals surface area (Å²) < 4.78 is 0. The zero-order valence-corrected chi connectivity index (χ0v) is 17.6. The van der Waals surface area contributed by atoms with Gasteiger partial charge in [0.05, 0.1) is 11.0 Å². The van der Waals surface area contributed by atoms with Crippen molar-refractivity contribution < 1.29 is 9.72 Å². The van der Waals surface area contributed by atoms with Gasteiger partial charge in [-0.2, -0.15) is 0 Å². The van der Waals surface area contributed by atoms with Crippen molar-refractivity contribution in [2.45, 2.75) is 38.9 Å². The van der Waals surface area contributed by atoms with Gasteiger partial charge in [0.1, 0.15) is 0 Å². The molecule has 0 radical (unpaired) electrons. The molecule has 2 unspecified atom stereocenters. The molecule has 158 valence electrons. The second-order valence-corrected chi connectivity index (χ2v) is 7.94. The Kier molecular flexibility index (Phi) is 5.71. The predicted octanol–water partition coefficient (Wildman–Crippen LogP) is 5.49. The van der Waals surface area contributed by atoms with Gasteiger partial charge in [-0.25, -0.2) is 0 Å². The number of hydrogen-bond acceptors (Lipinski definition) is 4. The van der Waals surface area contributed by atoms with Crippen LogP contribution in [0.2, 0.25) is 0 Å². The first kappa shape index (κ1) is 20.6. The summed E-state index contributed by atoms with van der Waals surface area (Å²) >= 11 is 0. The average Bonchev–Trinajstić information content (AvgIpc) is 2.77. The van der Waals surface area contributed by atoms with E-state index in [-0.39, 0.29) is 28.6 Å². The Morgan fingerprint density at radius 1 is 1.03 bits per heavy atom. The lowest BCUT2D eigenvalue weighted by atomic mass is 9.89. The molecule has 0 N–H and O–H groups in total. The number of para-hydroxylation sites is 2. The molecule has 0 fully saturated rings. The van der Waals surface area contributed by atoms with E-state index in [0.29, 0.717) is 6.54 Å². The molecule has 6 nitrogen and oxygen atoms in total. The Bertz CT molecular complexity index is 1080. The van der Waals surface area contributed by atoms with Crippen molar-refractivity contribution in [3.05, 3.63) is 100 Å². The zero-order chi connectivity index (χ0) is 22.0. The van der Waals surface area contributed by atoms with Gasteiger partial charge in [-0.05, 0) is 42.7 Å². The van der Waals surface area contributed by atoms with Gasteiger partial charge in [0, 0.05) is 43.0 Å². The number of carbonyl (C=O) groups excluding carboxylic acids is 1. The maximum atomic E-state index is 12.7. The number of amides is 1. The van der Waals surface area contributed by atoms with Crippen molar-refractivity contribution in [3.63, 3.8) is 0 Å². The smallest absolute Gasteiger partial charge is 0.269 e. The highest BCUT2D eigenvalue weighted by molar-refractivity contribution is 5.92. The molecule has 1 amide bonds. The van der Waals surface area contributed by atoms with Crippen LogP contribution < -0.4 is 9.80 Å². The summed E-state index contributed by atoms with van der Waals surface area (Å²) in [6, 6.07) is 24.8. The van der Waals surface area contributed by atoms with Crippen molar-refractivity contribution in [2.24, 2.45) is 0 Å². The number of hydrogen-bond donors (Lipinski definition) is 0. The lowest BCUT2D eigenvalue weighted by molar-refractivity contribution is -0.384. The minimum atomic E-state index is -0.382. The van der Waals surface area contributed by atoms with Crippen molar-refractivity contribution in [1.29, 1.82) is 0 Å². The Balaban J connectivity index is 1.69. The molecule has 0 spiro atoms. The summed E-state index contributed by atoms with van der Waals surface area (Å²) in [7, 11) is 0. The van der Waals surface area contributed by atoms with Crippen LogP contribution in [-0.2, 0) is 11.3 Å². The molecule has 3 aromatic rings. The number of rotatable bonds is 5. The summed E-state index contributed by atoms with van der Waals surface area (Å²) in [5, 5.41) is 11.0. The molecular formula is C25H25N3O3. The highest BCUT2D eigenvalue weighted by Crippen LogP contribution is 2.42. The van der Waals surface area contributed by atoms with Crippen LogP contribution in [0.15, 0.2) is 78.9 Å². The molecule has 2 atom stereocenters. The molecule has 6 heteroatoms. The van der Waals surface area contributed by atoms with Crippen LogP contribution >= 0.6 is 0 Å². The third kappa shape index (κ3) is 4.14. The van der Waals surface area contributed by atoms with E-state index < -0.39 is 0 Å². The third-order valence-electron chi connectivity index (χ3n) is 5.89. The topological polar surface area (TPSA) is 66.7 Å². The van der Waals surface area contributed by atoms with Crippen molar-refractivity contribution in [3.8, 4) is 0 Å². The minimum Gasteiger partial charge on any atom is -0.364 e. The summed E-state index contributed by atoms with van der Waals surface area (Å²) in [5.74, 6) is 0.0158. The number of nitro groups is 1. The van der Waals surface area contributed by atoms with E-state index in [2.05, 4.69) is 24.0 Å². The zero-order valence-electron chi connectivity index (χ0n) is 17.6.